The second-order valence-electron chi connectivity index (χ2n) is 7.69. The maximum absolute atomic E-state index is 13.0. The molecule has 2 heterocycles. The minimum atomic E-state index is -4.88. The smallest absolute Gasteiger partial charge is 0.471 e. The van der Waals surface area contributed by atoms with Crippen LogP contribution in [0.3, 0.4) is 0 Å². The Morgan fingerprint density at radius 3 is 2.63 bits per heavy atom. The minimum Gasteiger partial charge on any atom is -0.495 e. The number of carbonyl (C=O) groups is 1. The van der Waals surface area contributed by atoms with E-state index < -0.39 is 18.1 Å². The lowest BCUT2D eigenvalue weighted by molar-refractivity contribution is -0.189. The largest absolute Gasteiger partial charge is 0.495 e. The number of nitrogens with zero attached hydrogens (tertiary/aromatic N) is 2. The predicted octanol–water partition coefficient (Wildman–Crippen LogP) is 4.62. The second-order valence-corrected chi connectivity index (χ2v) is 7.69. The summed E-state index contributed by atoms with van der Waals surface area (Å²) < 4.78 is 50.3. The fourth-order valence-corrected chi connectivity index (χ4v) is 3.87. The molecule has 8 heteroatoms. The normalized spacial score (nSPS) is 16.4. The van der Waals surface area contributed by atoms with Crippen LogP contribution in [0, 0.1) is 12.8 Å². The molecule has 1 amide bonds. The number of halogens is 3. The SMILES string of the molecule is COc1ccc(C)nc1COc1ccc2c(c1)CCN(C(=O)C(F)(F)F)[C@H]2C(C)C. The zero-order chi connectivity index (χ0) is 22.1. The van der Waals surface area contributed by atoms with Crippen molar-refractivity contribution in [2.45, 2.75) is 46.0 Å². The minimum absolute atomic E-state index is 0.0188. The monoisotopic (exact) mass is 422 g/mol. The van der Waals surface area contributed by atoms with Crippen molar-refractivity contribution in [2.75, 3.05) is 13.7 Å². The number of ether oxygens (including phenoxy) is 2. The first-order valence-electron chi connectivity index (χ1n) is 9.75. The highest BCUT2D eigenvalue weighted by Gasteiger charge is 2.46. The molecule has 3 rings (SSSR count). The van der Waals surface area contributed by atoms with E-state index in [9.17, 15) is 18.0 Å². The summed E-state index contributed by atoms with van der Waals surface area (Å²) in [7, 11) is 1.56. The average Bonchev–Trinajstić information content (AvgIpc) is 2.69. The first kappa shape index (κ1) is 21.9. The second kappa shape index (κ2) is 8.53. The Bertz CT molecular complexity index is 928. The molecule has 5 nitrogen and oxygen atoms in total. The molecule has 0 spiro atoms. The lowest BCUT2D eigenvalue weighted by atomic mass is 9.86. The van der Waals surface area contributed by atoms with Crippen LogP contribution in [0.15, 0.2) is 30.3 Å². The van der Waals surface area contributed by atoms with Gasteiger partial charge in [0.25, 0.3) is 0 Å². The Labute approximate surface area is 173 Å². The van der Waals surface area contributed by atoms with Gasteiger partial charge in [-0.3, -0.25) is 9.78 Å². The summed E-state index contributed by atoms with van der Waals surface area (Å²) in [5.74, 6) is -0.732. The van der Waals surface area contributed by atoms with Crippen molar-refractivity contribution in [2.24, 2.45) is 5.92 Å². The van der Waals surface area contributed by atoms with Crippen LogP contribution in [0.5, 0.6) is 11.5 Å². The van der Waals surface area contributed by atoms with Crippen molar-refractivity contribution in [1.82, 2.24) is 9.88 Å². The Kier molecular flexibility index (Phi) is 6.24. The standard InChI is InChI=1S/C22H25F3N2O3/c1-13(2)20-17-7-6-16(30-12-18-19(29-4)8-5-14(3)26-18)11-15(17)9-10-27(20)21(28)22(23,24)25/h5-8,11,13,20H,9-10,12H2,1-4H3/t20-/m0/s1. The van der Waals surface area contributed by atoms with Crippen LogP contribution in [0.1, 0.15) is 42.4 Å². The molecule has 2 aromatic rings. The van der Waals surface area contributed by atoms with Gasteiger partial charge in [0.2, 0.25) is 0 Å². The topological polar surface area (TPSA) is 51.7 Å². The molecular weight excluding hydrogens is 397 g/mol. The molecular formula is C22H25F3N2O3. The zero-order valence-electron chi connectivity index (χ0n) is 17.4. The van der Waals surface area contributed by atoms with Gasteiger partial charge in [-0.05, 0) is 54.7 Å². The van der Waals surface area contributed by atoms with E-state index in [1.165, 1.54) is 0 Å². The average molecular weight is 422 g/mol. The number of fused-ring (bicyclic) bond motifs is 1. The lowest BCUT2D eigenvalue weighted by Crippen LogP contribution is -2.48. The molecule has 1 atom stereocenters. The molecule has 0 N–H and O–H groups in total. The zero-order valence-corrected chi connectivity index (χ0v) is 17.4. The number of methoxy groups -OCH3 is 1. The molecule has 1 aliphatic rings. The molecule has 1 aromatic heterocycles. The van der Waals surface area contributed by atoms with E-state index in [0.717, 1.165) is 21.7 Å². The summed E-state index contributed by atoms with van der Waals surface area (Å²) in [4.78, 5) is 17.3. The van der Waals surface area contributed by atoms with Crippen LogP contribution < -0.4 is 9.47 Å². The molecule has 0 saturated carbocycles. The highest BCUT2D eigenvalue weighted by molar-refractivity contribution is 5.82. The van der Waals surface area contributed by atoms with Gasteiger partial charge in [0.05, 0.1) is 13.2 Å². The van der Waals surface area contributed by atoms with E-state index in [-0.39, 0.29) is 19.1 Å². The van der Waals surface area contributed by atoms with Crippen LogP contribution in [0.2, 0.25) is 0 Å². The van der Waals surface area contributed by atoms with Crippen LogP contribution >= 0.6 is 0 Å². The molecule has 30 heavy (non-hydrogen) atoms. The van der Waals surface area contributed by atoms with E-state index >= 15 is 0 Å². The Morgan fingerprint density at radius 1 is 1.27 bits per heavy atom. The highest BCUT2D eigenvalue weighted by Crippen LogP contribution is 2.39. The van der Waals surface area contributed by atoms with Gasteiger partial charge in [0.15, 0.2) is 0 Å². The summed E-state index contributed by atoms with van der Waals surface area (Å²) in [6, 6.07) is 8.36. The van der Waals surface area contributed by atoms with Crippen molar-refractivity contribution in [1.29, 1.82) is 0 Å². The van der Waals surface area contributed by atoms with Gasteiger partial charge in [0, 0.05) is 12.2 Å². The number of rotatable bonds is 5. The van der Waals surface area contributed by atoms with Crippen LogP contribution in [0.4, 0.5) is 13.2 Å². The van der Waals surface area contributed by atoms with Crippen molar-refractivity contribution < 1.29 is 27.4 Å². The lowest BCUT2D eigenvalue weighted by Gasteiger charge is -2.40. The van der Waals surface area contributed by atoms with Crippen molar-refractivity contribution in [3.63, 3.8) is 0 Å². The third kappa shape index (κ3) is 4.52. The number of pyridine rings is 1. The van der Waals surface area contributed by atoms with Gasteiger partial charge in [-0.2, -0.15) is 13.2 Å². The molecule has 0 aliphatic carbocycles. The number of amides is 1. The molecule has 1 aliphatic heterocycles. The van der Waals surface area contributed by atoms with Gasteiger partial charge in [0.1, 0.15) is 23.8 Å². The summed E-state index contributed by atoms with van der Waals surface area (Å²) >= 11 is 0. The van der Waals surface area contributed by atoms with E-state index in [1.54, 1.807) is 19.2 Å². The number of alkyl halides is 3. The summed E-state index contributed by atoms with van der Waals surface area (Å²) in [6.07, 6.45) is -4.54. The van der Waals surface area contributed by atoms with Gasteiger partial charge >= 0.3 is 12.1 Å². The summed E-state index contributed by atoms with van der Waals surface area (Å²) in [6.45, 7) is 5.73. The summed E-state index contributed by atoms with van der Waals surface area (Å²) in [5, 5.41) is 0. The van der Waals surface area contributed by atoms with Gasteiger partial charge in [-0.25, -0.2) is 0 Å². The van der Waals surface area contributed by atoms with Crippen LogP contribution in [0.25, 0.3) is 0 Å². The molecule has 0 unspecified atom stereocenters. The number of benzene rings is 1. The molecule has 0 saturated heterocycles. The number of carbonyl (C=O) groups excluding carboxylic acids is 1. The van der Waals surface area contributed by atoms with Gasteiger partial charge < -0.3 is 14.4 Å². The molecule has 1 aromatic carbocycles. The maximum Gasteiger partial charge on any atom is 0.471 e. The van der Waals surface area contributed by atoms with E-state index in [2.05, 4.69) is 4.98 Å². The first-order valence-corrected chi connectivity index (χ1v) is 9.75. The van der Waals surface area contributed by atoms with Crippen molar-refractivity contribution in [3.05, 3.63) is 52.8 Å². The number of aryl methyl sites for hydroxylation is 1. The van der Waals surface area contributed by atoms with Crippen molar-refractivity contribution in [3.8, 4) is 11.5 Å². The van der Waals surface area contributed by atoms with Crippen LogP contribution in [-0.4, -0.2) is 35.6 Å². The third-order valence-electron chi connectivity index (χ3n) is 5.19. The van der Waals surface area contributed by atoms with E-state index in [0.29, 0.717) is 23.6 Å². The first-order chi connectivity index (χ1) is 14.1. The van der Waals surface area contributed by atoms with Gasteiger partial charge in [-0.15, -0.1) is 0 Å². The summed E-state index contributed by atoms with van der Waals surface area (Å²) in [5.41, 5.74) is 3.13. The maximum atomic E-state index is 13.0. The molecule has 162 valence electrons. The third-order valence-corrected chi connectivity index (χ3v) is 5.19. The van der Waals surface area contributed by atoms with Crippen molar-refractivity contribution >= 4 is 5.91 Å². The van der Waals surface area contributed by atoms with E-state index in [1.807, 2.05) is 39.0 Å². The highest BCUT2D eigenvalue weighted by atomic mass is 19.4. The quantitative estimate of drug-likeness (QED) is 0.706. The number of hydrogen-bond acceptors (Lipinski definition) is 4. The van der Waals surface area contributed by atoms with Gasteiger partial charge in [-0.1, -0.05) is 19.9 Å². The fourth-order valence-electron chi connectivity index (χ4n) is 3.87. The Morgan fingerprint density at radius 2 is 2.00 bits per heavy atom. The fraction of sp³-hybridized carbons (Fsp3) is 0.455. The molecule has 0 bridgehead atoms. The Balaban J connectivity index is 1.83. The molecule has 0 fully saturated rings. The number of hydrogen-bond donors (Lipinski definition) is 0. The van der Waals surface area contributed by atoms with E-state index in [4.69, 9.17) is 9.47 Å². The predicted molar refractivity (Wildman–Crippen MR) is 105 cm³/mol. The van der Waals surface area contributed by atoms with Crippen LogP contribution in [-0.2, 0) is 17.8 Å². The number of aromatic nitrogens is 1. The molecule has 0 radical (unpaired) electrons. The Hall–Kier alpha value is -2.77.